The zero-order valence-corrected chi connectivity index (χ0v) is 31.9. The van der Waals surface area contributed by atoms with E-state index in [1.54, 1.807) is 19.6 Å². The van der Waals surface area contributed by atoms with Crippen LogP contribution in [0.2, 0.25) is 0 Å². The highest BCUT2D eigenvalue weighted by Gasteiger charge is 2.26. The second-order valence-corrected chi connectivity index (χ2v) is 13.7. The predicted molar refractivity (Wildman–Crippen MR) is 201 cm³/mol. The minimum absolute atomic E-state index is 0.185. The highest BCUT2D eigenvalue weighted by atomic mass is 16.4. The first-order valence-electron chi connectivity index (χ1n) is 19.0. The van der Waals surface area contributed by atoms with Gasteiger partial charge in [-0.3, -0.25) is 38.8 Å². The van der Waals surface area contributed by atoms with Crippen LogP contribution in [0, 0.1) is 0 Å². The van der Waals surface area contributed by atoms with E-state index < -0.39 is 59.7 Å². The molecular formula is C34H64N10O11. The highest BCUT2D eigenvalue weighted by molar-refractivity contribution is 5.86. The van der Waals surface area contributed by atoms with Crippen molar-refractivity contribution in [1.29, 1.82) is 0 Å². The van der Waals surface area contributed by atoms with Crippen molar-refractivity contribution in [2.24, 2.45) is 17.2 Å². The monoisotopic (exact) mass is 788 g/mol. The second kappa shape index (κ2) is 28.4. The minimum atomic E-state index is -1.19. The molecular weight excluding hydrogens is 724 g/mol. The number of aliphatic carboxylic acids is 4. The molecule has 13 N–H and O–H groups in total. The maximum Gasteiger partial charge on any atom is 0.326 e. The molecule has 55 heavy (non-hydrogen) atoms. The third-order valence-corrected chi connectivity index (χ3v) is 9.13. The van der Waals surface area contributed by atoms with Crippen molar-refractivity contribution in [3.05, 3.63) is 0 Å². The van der Waals surface area contributed by atoms with Crippen molar-refractivity contribution in [2.45, 2.75) is 75.9 Å². The lowest BCUT2D eigenvalue weighted by Crippen LogP contribution is -2.53. The molecule has 0 aromatic carbocycles. The molecule has 0 unspecified atom stereocenters. The zero-order chi connectivity index (χ0) is 41.2. The van der Waals surface area contributed by atoms with Crippen LogP contribution >= 0.6 is 0 Å². The normalized spacial score (nSPS) is 17.1. The van der Waals surface area contributed by atoms with Gasteiger partial charge in [-0.1, -0.05) is 0 Å². The van der Waals surface area contributed by atoms with Crippen LogP contribution in [0.25, 0.3) is 0 Å². The standard InChI is InChI=1S/C34H64N10O11/c35-10-4-1-7-25(32(50)51)38-28(45)21-41-13-15-42(22-29(46)39-26(33(52)53)8-2-5-11-36)17-19-44(24-31(48)49)20-18-43(16-14-41)23-30(47)40-27(34(54)55)9-3-6-12-37/h25-27H,1-24,35-37H2,(H,38,45)(H,39,46)(H,40,47)(H,48,49)(H,50,51)(H,52,53)(H,54,55)/t25-,26-,27-/m0/s1. The van der Waals surface area contributed by atoms with E-state index >= 15 is 0 Å². The average Bonchev–Trinajstić information content (AvgIpc) is 3.11. The summed E-state index contributed by atoms with van der Waals surface area (Å²) in [5.74, 6) is -6.32. The SMILES string of the molecule is NCCCC[C@H](NC(=O)CN1CCN(CC(=O)O)CCN(CC(=O)N[C@@H](CCCCN)C(=O)O)CCN(CC(=O)N[C@@H](CCCCN)C(=O)O)CC1)C(=O)O. The maximum atomic E-state index is 13.2. The number of amides is 3. The molecule has 3 amide bonds. The first kappa shape index (κ1) is 49.0. The number of carbonyl (C=O) groups excluding carboxylic acids is 3. The second-order valence-electron chi connectivity index (χ2n) is 13.7. The van der Waals surface area contributed by atoms with Gasteiger partial charge in [-0.25, -0.2) is 14.4 Å². The van der Waals surface area contributed by atoms with Crippen molar-refractivity contribution >= 4 is 41.6 Å². The van der Waals surface area contributed by atoms with Gasteiger partial charge < -0.3 is 53.6 Å². The largest absolute Gasteiger partial charge is 0.480 e. The zero-order valence-electron chi connectivity index (χ0n) is 31.9. The summed E-state index contributed by atoms with van der Waals surface area (Å²) in [6, 6.07) is -3.38. The lowest BCUT2D eigenvalue weighted by molar-refractivity contribution is -0.142. The molecule has 316 valence electrons. The molecule has 0 saturated carbocycles. The van der Waals surface area contributed by atoms with Gasteiger partial charge in [0.15, 0.2) is 0 Å². The Kier molecular flexibility index (Phi) is 25.3. The Morgan fingerprint density at radius 1 is 0.418 bits per heavy atom. The van der Waals surface area contributed by atoms with E-state index in [0.29, 0.717) is 58.2 Å². The van der Waals surface area contributed by atoms with Gasteiger partial charge in [0.05, 0.1) is 26.2 Å². The number of unbranched alkanes of at least 4 members (excludes halogenated alkanes) is 3. The first-order chi connectivity index (χ1) is 26.2. The molecule has 21 nitrogen and oxygen atoms in total. The van der Waals surface area contributed by atoms with Crippen molar-refractivity contribution in [3.63, 3.8) is 0 Å². The predicted octanol–water partition coefficient (Wildman–Crippen LogP) is -3.61. The number of carboxylic acid groups (broad SMARTS) is 4. The van der Waals surface area contributed by atoms with Crippen molar-refractivity contribution in [1.82, 2.24) is 35.6 Å². The Balaban J connectivity index is 3.27. The number of carbonyl (C=O) groups is 7. The van der Waals surface area contributed by atoms with Crippen molar-refractivity contribution in [3.8, 4) is 0 Å². The van der Waals surface area contributed by atoms with Gasteiger partial charge in [0.25, 0.3) is 0 Å². The van der Waals surface area contributed by atoms with Gasteiger partial charge >= 0.3 is 23.9 Å². The van der Waals surface area contributed by atoms with E-state index in [-0.39, 0.29) is 97.8 Å². The Morgan fingerprint density at radius 2 is 0.655 bits per heavy atom. The fourth-order valence-corrected chi connectivity index (χ4v) is 5.98. The Hall–Kier alpha value is -3.99. The van der Waals surface area contributed by atoms with Gasteiger partial charge in [0, 0.05) is 52.4 Å². The summed E-state index contributed by atoms with van der Waals surface area (Å²) in [5, 5.41) is 46.3. The number of nitrogens with zero attached hydrogens (tertiary/aromatic N) is 4. The molecule has 0 bridgehead atoms. The van der Waals surface area contributed by atoms with Gasteiger partial charge in [-0.15, -0.1) is 0 Å². The topological polar surface area (TPSA) is 328 Å². The number of hydrogen-bond acceptors (Lipinski definition) is 14. The van der Waals surface area contributed by atoms with Crippen molar-refractivity contribution < 1.29 is 54.0 Å². The molecule has 0 aromatic rings. The van der Waals surface area contributed by atoms with E-state index in [0.717, 1.165) is 0 Å². The number of rotatable bonds is 26. The lowest BCUT2D eigenvalue weighted by Gasteiger charge is -2.33. The smallest absolute Gasteiger partial charge is 0.326 e. The Morgan fingerprint density at radius 3 is 0.855 bits per heavy atom. The average molecular weight is 789 g/mol. The molecule has 0 spiro atoms. The summed E-state index contributed by atoms with van der Waals surface area (Å²) in [5.41, 5.74) is 16.6. The molecule has 1 heterocycles. The van der Waals surface area contributed by atoms with E-state index in [1.165, 1.54) is 0 Å². The Bertz CT molecular complexity index is 1150. The summed E-state index contributed by atoms with van der Waals surface area (Å²) in [6.07, 6.45) is 3.84. The quantitative estimate of drug-likeness (QED) is 0.0378. The van der Waals surface area contributed by atoms with Gasteiger partial charge in [-0.05, 0) is 77.4 Å². The van der Waals surface area contributed by atoms with Crippen LogP contribution in [0.5, 0.6) is 0 Å². The molecule has 1 aliphatic rings. The summed E-state index contributed by atoms with van der Waals surface area (Å²) < 4.78 is 0. The van der Waals surface area contributed by atoms with Crippen LogP contribution < -0.4 is 33.2 Å². The summed E-state index contributed by atoms with van der Waals surface area (Å²) in [4.78, 5) is 93.5. The van der Waals surface area contributed by atoms with Crippen LogP contribution in [0.1, 0.15) is 57.8 Å². The van der Waals surface area contributed by atoms with Crippen molar-refractivity contribution in [2.75, 3.05) is 98.2 Å². The van der Waals surface area contributed by atoms with Gasteiger partial charge in [-0.2, -0.15) is 0 Å². The molecule has 1 rings (SSSR count). The molecule has 3 atom stereocenters. The minimum Gasteiger partial charge on any atom is -0.480 e. The van der Waals surface area contributed by atoms with Crippen LogP contribution in [0.3, 0.4) is 0 Å². The summed E-state index contributed by atoms with van der Waals surface area (Å²) in [7, 11) is 0. The maximum absolute atomic E-state index is 13.2. The highest BCUT2D eigenvalue weighted by Crippen LogP contribution is 2.06. The van der Waals surface area contributed by atoms with E-state index in [2.05, 4.69) is 16.0 Å². The van der Waals surface area contributed by atoms with E-state index in [1.807, 2.05) is 0 Å². The van der Waals surface area contributed by atoms with Gasteiger partial charge in [0.2, 0.25) is 17.7 Å². The van der Waals surface area contributed by atoms with Crippen LogP contribution in [0.4, 0.5) is 0 Å². The molecule has 21 heteroatoms. The third-order valence-electron chi connectivity index (χ3n) is 9.13. The van der Waals surface area contributed by atoms with E-state index in [9.17, 15) is 54.0 Å². The van der Waals surface area contributed by atoms with Gasteiger partial charge in [0.1, 0.15) is 18.1 Å². The molecule has 1 fully saturated rings. The lowest BCUT2D eigenvalue weighted by atomic mass is 10.1. The number of hydrogen-bond donors (Lipinski definition) is 10. The Labute approximate surface area is 322 Å². The molecule has 0 radical (unpaired) electrons. The third kappa shape index (κ3) is 22.9. The van der Waals surface area contributed by atoms with Crippen LogP contribution in [-0.2, 0) is 33.6 Å². The first-order valence-corrected chi connectivity index (χ1v) is 19.0. The molecule has 0 aliphatic carbocycles. The van der Waals surface area contributed by atoms with Crippen LogP contribution in [0.15, 0.2) is 0 Å². The number of carboxylic acids is 4. The number of nitrogens with one attached hydrogen (secondary N) is 3. The van der Waals surface area contributed by atoms with E-state index in [4.69, 9.17) is 17.2 Å². The van der Waals surface area contributed by atoms with Crippen LogP contribution in [-0.4, -0.2) is 198 Å². The molecule has 0 aromatic heterocycles. The fraction of sp³-hybridized carbons (Fsp3) is 0.794. The fourth-order valence-electron chi connectivity index (χ4n) is 5.98. The molecule has 1 aliphatic heterocycles. The summed E-state index contributed by atoms with van der Waals surface area (Å²) in [6.45, 7) is 1.65. The summed E-state index contributed by atoms with van der Waals surface area (Å²) >= 11 is 0. The molecule has 1 saturated heterocycles. The number of nitrogens with two attached hydrogens (primary N) is 3.